The van der Waals surface area contributed by atoms with Crippen LogP contribution in [0, 0.1) is 0 Å². The lowest BCUT2D eigenvalue weighted by Gasteiger charge is -2.40. The van der Waals surface area contributed by atoms with Gasteiger partial charge in [-0.25, -0.2) is 0 Å². The van der Waals surface area contributed by atoms with Gasteiger partial charge >= 0.3 is 0 Å². The van der Waals surface area contributed by atoms with E-state index in [2.05, 4.69) is 67.8 Å². The van der Waals surface area contributed by atoms with Crippen LogP contribution in [0.2, 0.25) is 0 Å². The average molecular weight is 596 g/mol. The Morgan fingerprint density at radius 2 is 1.48 bits per heavy atom. The lowest BCUT2D eigenvalue weighted by molar-refractivity contribution is -0.302. The number of allylic oxidation sites excluding steroid dienone is 8. The number of ether oxygens (including phenoxy) is 2. The summed E-state index contributed by atoms with van der Waals surface area (Å²) < 4.78 is 11.0. The SMILES string of the molecule is CC/C=C\C/C=C\C/C=C\C/C=C\CCCCC(=O)NC(COC1OC(CO)C(O)C(O)C1O)C(O)CCCCCC. The Balaban J connectivity index is 2.44. The topological polar surface area (TPSA) is 149 Å². The normalized spacial score (nSPS) is 24.8. The Kier molecular flexibility index (Phi) is 22.3. The maximum Gasteiger partial charge on any atom is 0.220 e. The van der Waals surface area contributed by atoms with Gasteiger partial charge in [0.1, 0.15) is 24.4 Å². The number of nitrogens with one attached hydrogen (secondary N) is 1. The lowest BCUT2D eigenvalue weighted by atomic mass is 9.99. The number of rotatable bonds is 23. The molecule has 0 aromatic heterocycles. The molecule has 0 saturated carbocycles. The maximum absolute atomic E-state index is 12.7. The summed E-state index contributed by atoms with van der Waals surface area (Å²) in [4.78, 5) is 12.7. The highest BCUT2D eigenvalue weighted by Crippen LogP contribution is 2.22. The summed E-state index contributed by atoms with van der Waals surface area (Å²) in [5.74, 6) is -0.199. The monoisotopic (exact) mass is 595 g/mol. The molecule has 42 heavy (non-hydrogen) atoms. The molecular formula is C33H57NO8. The van der Waals surface area contributed by atoms with Crippen molar-refractivity contribution in [3.05, 3.63) is 48.6 Å². The fourth-order valence-corrected chi connectivity index (χ4v) is 4.56. The molecule has 0 aromatic rings. The molecule has 0 aliphatic carbocycles. The molecule has 1 heterocycles. The molecule has 1 fully saturated rings. The van der Waals surface area contributed by atoms with E-state index in [1.165, 1.54) is 0 Å². The minimum absolute atomic E-state index is 0.161. The van der Waals surface area contributed by atoms with Gasteiger partial charge in [0.25, 0.3) is 0 Å². The van der Waals surface area contributed by atoms with Crippen molar-refractivity contribution in [1.29, 1.82) is 0 Å². The molecule has 0 radical (unpaired) electrons. The van der Waals surface area contributed by atoms with Gasteiger partial charge in [-0.05, 0) is 51.4 Å². The number of carbonyl (C=O) groups is 1. The number of hydrogen-bond donors (Lipinski definition) is 6. The third-order valence-corrected chi connectivity index (χ3v) is 7.20. The zero-order chi connectivity index (χ0) is 31.0. The Labute approximate surface area is 253 Å². The number of hydrogen-bond acceptors (Lipinski definition) is 8. The van der Waals surface area contributed by atoms with Gasteiger partial charge in [0.2, 0.25) is 5.91 Å². The van der Waals surface area contributed by atoms with E-state index in [0.29, 0.717) is 19.3 Å². The molecule has 0 spiro atoms. The summed E-state index contributed by atoms with van der Waals surface area (Å²) in [6.07, 6.45) is 20.4. The highest BCUT2D eigenvalue weighted by atomic mass is 16.7. The van der Waals surface area contributed by atoms with Crippen LogP contribution < -0.4 is 5.32 Å². The molecule has 7 atom stereocenters. The largest absolute Gasteiger partial charge is 0.394 e. The molecule has 6 N–H and O–H groups in total. The first-order chi connectivity index (χ1) is 20.3. The molecule has 7 unspecified atom stereocenters. The van der Waals surface area contributed by atoms with Gasteiger partial charge in [-0.2, -0.15) is 0 Å². The minimum atomic E-state index is -1.56. The van der Waals surface area contributed by atoms with Crippen LogP contribution in [0.3, 0.4) is 0 Å². The van der Waals surface area contributed by atoms with Crippen molar-refractivity contribution in [2.24, 2.45) is 0 Å². The number of aliphatic hydroxyl groups is 5. The number of unbranched alkanes of at least 4 members (excludes halogenated alkanes) is 5. The van der Waals surface area contributed by atoms with Crippen LogP contribution in [0.5, 0.6) is 0 Å². The maximum atomic E-state index is 12.7. The summed E-state index contributed by atoms with van der Waals surface area (Å²) in [7, 11) is 0. The second-order valence-electron chi connectivity index (χ2n) is 10.9. The second-order valence-corrected chi connectivity index (χ2v) is 10.9. The molecule has 9 heteroatoms. The van der Waals surface area contributed by atoms with E-state index < -0.39 is 49.5 Å². The van der Waals surface area contributed by atoms with Crippen LogP contribution in [-0.2, 0) is 14.3 Å². The van der Waals surface area contributed by atoms with Gasteiger partial charge in [0, 0.05) is 6.42 Å². The first-order valence-corrected chi connectivity index (χ1v) is 15.8. The van der Waals surface area contributed by atoms with E-state index in [-0.39, 0.29) is 12.5 Å². The van der Waals surface area contributed by atoms with E-state index in [1.54, 1.807) is 0 Å². The van der Waals surface area contributed by atoms with E-state index in [1.807, 2.05) is 0 Å². The first kappa shape index (κ1) is 38.2. The molecule has 242 valence electrons. The van der Waals surface area contributed by atoms with Crippen molar-refractivity contribution in [3.63, 3.8) is 0 Å². The van der Waals surface area contributed by atoms with Crippen LogP contribution in [0.25, 0.3) is 0 Å². The van der Waals surface area contributed by atoms with E-state index in [4.69, 9.17) is 9.47 Å². The Bertz CT molecular complexity index is 797. The molecule has 1 aliphatic rings. The van der Waals surface area contributed by atoms with Crippen LogP contribution in [0.4, 0.5) is 0 Å². The van der Waals surface area contributed by atoms with Gasteiger partial charge < -0.3 is 40.3 Å². The molecular weight excluding hydrogens is 538 g/mol. The van der Waals surface area contributed by atoms with Crippen molar-refractivity contribution >= 4 is 5.91 Å². The Morgan fingerprint density at radius 1 is 0.833 bits per heavy atom. The van der Waals surface area contributed by atoms with E-state index >= 15 is 0 Å². The van der Waals surface area contributed by atoms with Crippen LogP contribution in [0.15, 0.2) is 48.6 Å². The zero-order valence-corrected chi connectivity index (χ0v) is 25.7. The quantitative estimate of drug-likeness (QED) is 0.0768. The molecule has 1 rings (SSSR count). The highest BCUT2D eigenvalue weighted by molar-refractivity contribution is 5.76. The van der Waals surface area contributed by atoms with E-state index in [9.17, 15) is 30.3 Å². The predicted octanol–water partition coefficient (Wildman–Crippen LogP) is 3.98. The molecule has 0 aromatic carbocycles. The first-order valence-electron chi connectivity index (χ1n) is 15.8. The summed E-state index contributed by atoms with van der Waals surface area (Å²) in [5, 5.41) is 53.3. The van der Waals surface area contributed by atoms with Gasteiger partial charge in [-0.15, -0.1) is 0 Å². The third-order valence-electron chi connectivity index (χ3n) is 7.20. The summed E-state index contributed by atoms with van der Waals surface area (Å²) in [5.41, 5.74) is 0. The van der Waals surface area contributed by atoms with Crippen molar-refractivity contribution in [3.8, 4) is 0 Å². The lowest BCUT2D eigenvalue weighted by Crippen LogP contribution is -2.60. The third kappa shape index (κ3) is 16.7. The summed E-state index contributed by atoms with van der Waals surface area (Å²) in [6.45, 7) is 3.51. The standard InChI is InChI=1S/C33H57NO8/c1-3-5-7-9-10-11-12-13-14-15-16-17-18-19-21-23-29(37)34-26(27(36)22-20-8-6-4-2)25-41-33-32(40)31(39)30(38)28(24-35)42-33/h5,7,10-11,13-14,16-17,26-28,30-33,35-36,38-40H,3-4,6,8-9,12,15,18-25H2,1-2H3,(H,34,37)/b7-5-,11-10-,14-13-,17-16-. The smallest absolute Gasteiger partial charge is 0.220 e. The van der Waals surface area contributed by atoms with Crippen molar-refractivity contribution in [1.82, 2.24) is 5.32 Å². The summed E-state index contributed by atoms with van der Waals surface area (Å²) in [6, 6.07) is -0.735. The van der Waals surface area contributed by atoms with Crippen molar-refractivity contribution in [2.45, 2.75) is 140 Å². The molecule has 1 amide bonds. The highest BCUT2D eigenvalue weighted by Gasteiger charge is 2.44. The number of carbonyl (C=O) groups excluding carboxylic acids is 1. The van der Waals surface area contributed by atoms with Gasteiger partial charge in [0.05, 0.1) is 25.4 Å². The predicted molar refractivity (Wildman–Crippen MR) is 166 cm³/mol. The molecule has 1 saturated heterocycles. The van der Waals surface area contributed by atoms with Crippen molar-refractivity contribution < 1.29 is 39.8 Å². The van der Waals surface area contributed by atoms with Crippen LogP contribution in [-0.4, -0.2) is 87.5 Å². The minimum Gasteiger partial charge on any atom is -0.394 e. The average Bonchev–Trinajstić information content (AvgIpc) is 2.98. The zero-order valence-electron chi connectivity index (χ0n) is 25.7. The van der Waals surface area contributed by atoms with Gasteiger partial charge in [-0.3, -0.25) is 4.79 Å². The van der Waals surface area contributed by atoms with Crippen LogP contribution >= 0.6 is 0 Å². The fourth-order valence-electron chi connectivity index (χ4n) is 4.56. The Morgan fingerprint density at radius 3 is 2.10 bits per heavy atom. The van der Waals surface area contributed by atoms with Crippen LogP contribution in [0.1, 0.15) is 97.3 Å². The molecule has 9 nitrogen and oxygen atoms in total. The fraction of sp³-hybridized carbons (Fsp3) is 0.727. The number of aliphatic hydroxyl groups excluding tert-OH is 5. The molecule has 0 bridgehead atoms. The Hall–Kier alpha value is -1.85. The van der Waals surface area contributed by atoms with Crippen molar-refractivity contribution in [2.75, 3.05) is 13.2 Å². The second kappa shape index (κ2) is 24.6. The summed E-state index contributed by atoms with van der Waals surface area (Å²) >= 11 is 0. The van der Waals surface area contributed by atoms with Gasteiger partial charge in [0.15, 0.2) is 6.29 Å². The van der Waals surface area contributed by atoms with E-state index in [0.717, 1.165) is 64.2 Å². The van der Waals surface area contributed by atoms with Gasteiger partial charge in [-0.1, -0.05) is 88.1 Å². The number of amides is 1. The molecule has 1 aliphatic heterocycles.